The van der Waals surface area contributed by atoms with Crippen molar-refractivity contribution in [3.8, 4) is 0 Å². The monoisotopic (exact) mass is 249 g/mol. The molecule has 1 fully saturated rings. The van der Waals surface area contributed by atoms with E-state index < -0.39 is 0 Å². The van der Waals surface area contributed by atoms with Gasteiger partial charge >= 0.3 is 0 Å². The molecule has 1 aliphatic carbocycles. The molecule has 1 aromatic rings. The van der Waals surface area contributed by atoms with Gasteiger partial charge in [-0.25, -0.2) is 0 Å². The number of rotatable bonds is 4. The summed E-state index contributed by atoms with van der Waals surface area (Å²) in [5.41, 5.74) is 0. The zero-order valence-corrected chi connectivity index (χ0v) is 11.3. The summed E-state index contributed by atoms with van der Waals surface area (Å²) in [6, 6.07) is 2.24. The lowest BCUT2D eigenvalue weighted by molar-refractivity contribution is -0.122. The van der Waals surface area contributed by atoms with Gasteiger partial charge in [-0.15, -0.1) is 0 Å². The highest BCUT2D eigenvalue weighted by Crippen LogP contribution is 2.29. The van der Waals surface area contributed by atoms with Gasteiger partial charge in [0.15, 0.2) is 0 Å². The molecule has 1 aromatic heterocycles. The summed E-state index contributed by atoms with van der Waals surface area (Å²) in [5, 5.41) is 7.28. The normalized spacial score (nSPS) is 28.0. The van der Waals surface area contributed by atoms with Crippen LogP contribution < -0.4 is 5.32 Å². The Morgan fingerprint density at radius 3 is 3.00 bits per heavy atom. The van der Waals surface area contributed by atoms with Crippen LogP contribution in [0.2, 0.25) is 0 Å². The summed E-state index contributed by atoms with van der Waals surface area (Å²) < 4.78 is 1.80. The van der Waals surface area contributed by atoms with Gasteiger partial charge in [-0.3, -0.25) is 9.48 Å². The van der Waals surface area contributed by atoms with Gasteiger partial charge in [0.2, 0.25) is 5.91 Å². The fraction of sp³-hybridized carbons (Fsp3) is 0.714. The Labute approximate surface area is 109 Å². The number of hydrogen-bond donors (Lipinski definition) is 1. The van der Waals surface area contributed by atoms with Gasteiger partial charge in [-0.1, -0.05) is 26.7 Å². The van der Waals surface area contributed by atoms with Crippen molar-refractivity contribution in [2.75, 3.05) is 0 Å². The van der Waals surface area contributed by atoms with Gasteiger partial charge in [-0.05, 0) is 24.3 Å². The molecule has 0 bridgehead atoms. The van der Waals surface area contributed by atoms with Gasteiger partial charge in [0.25, 0.3) is 0 Å². The molecule has 0 aliphatic heterocycles. The van der Waals surface area contributed by atoms with E-state index in [0.29, 0.717) is 24.9 Å². The second kappa shape index (κ2) is 6.03. The summed E-state index contributed by atoms with van der Waals surface area (Å²) >= 11 is 0. The lowest BCUT2D eigenvalue weighted by Gasteiger charge is -2.34. The first kappa shape index (κ1) is 13.1. The van der Waals surface area contributed by atoms with Gasteiger partial charge in [0, 0.05) is 31.4 Å². The van der Waals surface area contributed by atoms with Crippen molar-refractivity contribution in [2.24, 2.45) is 11.8 Å². The zero-order chi connectivity index (χ0) is 13.0. The third-order valence-electron chi connectivity index (χ3n) is 4.18. The summed E-state index contributed by atoms with van der Waals surface area (Å²) in [6.07, 6.45) is 7.79. The summed E-state index contributed by atoms with van der Waals surface area (Å²) in [7, 11) is 0. The van der Waals surface area contributed by atoms with E-state index in [1.165, 1.54) is 12.8 Å². The zero-order valence-electron chi connectivity index (χ0n) is 11.3. The van der Waals surface area contributed by atoms with Crippen LogP contribution in [0.5, 0.6) is 0 Å². The number of nitrogens with one attached hydrogen (secondary N) is 1. The Kier molecular flexibility index (Phi) is 4.39. The number of carbonyl (C=O) groups excluding carboxylic acids is 1. The first-order chi connectivity index (χ1) is 8.66. The van der Waals surface area contributed by atoms with Crippen molar-refractivity contribution in [1.82, 2.24) is 15.1 Å². The van der Waals surface area contributed by atoms with E-state index in [9.17, 15) is 4.79 Å². The minimum absolute atomic E-state index is 0.149. The van der Waals surface area contributed by atoms with Crippen LogP contribution >= 0.6 is 0 Å². The predicted molar refractivity (Wildman–Crippen MR) is 71.0 cm³/mol. The van der Waals surface area contributed by atoms with E-state index in [4.69, 9.17) is 0 Å². The quantitative estimate of drug-likeness (QED) is 0.889. The fourth-order valence-electron chi connectivity index (χ4n) is 2.71. The van der Waals surface area contributed by atoms with Crippen molar-refractivity contribution >= 4 is 5.91 Å². The summed E-state index contributed by atoms with van der Waals surface area (Å²) in [6.45, 7) is 5.20. The highest BCUT2D eigenvalue weighted by molar-refractivity contribution is 5.76. The van der Waals surface area contributed by atoms with E-state index >= 15 is 0 Å². The third-order valence-corrected chi connectivity index (χ3v) is 4.18. The number of aromatic nitrogens is 2. The minimum atomic E-state index is 0.149. The molecule has 1 heterocycles. The van der Waals surface area contributed by atoms with Crippen LogP contribution in [0.15, 0.2) is 18.5 Å². The Hall–Kier alpha value is -1.32. The average Bonchev–Trinajstić information content (AvgIpc) is 2.86. The lowest BCUT2D eigenvalue weighted by atomic mass is 9.78. The van der Waals surface area contributed by atoms with E-state index in [-0.39, 0.29) is 5.91 Å². The smallest absolute Gasteiger partial charge is 0.222 e. The van der Waals surface area contributed by atoms with Crippen molar-refractivity contribution in [3.05, 3.63) is 18.5 Å². The fourth-order valence-corrected chi connectivity index (χ4v) is 2.71. The van der Waals surface area contributed by atoms with E-state index in [0.717, 1.165) is 12.3 Å². The molecule has 1 saturated carbocycles. The van der Waals surface area contributed by atoms with Gasteiger partial charge in [0.05, 0.1) is 0 Å². The molecular weight excluding hydrogens is 226 g/mol. The standard InChI is InChI=1S/C14H23N3O/c1-11-5-3-6-13(12(11)2)16-14(18)7-10-17-9-4-8-15-17/h4,8-9,11-13H,3,5-7,10H2,1-2H3,(H,16,18)/t11-,12+,13-/m1/s1. The lowest BCUT2D eigenvalue weighted by Crippen LogP contribution is -2.43. The number of carbonyl (C=O) groups is 1. The average molecular weight is 249 g/mol. The van der Waals surface area contributed by atoms with E-state index in [1.807, 2.05) is 12.3 Å². The van der Waals surface area contributed by atoms with Crippen molar-refractivity contribution < 1.29 is 4.79 Å². The Morgan fingerprint density at radius 1 is 1.44 bits per heavy atom. The maximum atomic E-state index is 11.9. The van der Waals surface area contributed by atoms with Gasteiger partial charge in [0.1, 0.15) is 0 Å². The van der Waals surface area contributed by atoms with Crippen molar-refractivity contribution in [3.63, 3.8) is 0 Å². The Morgan fingerprint density at radius 2 is 2.28 bits per heavy atom. The predicted octanol–water partition coefficient (Wildman–Crippen LogP) is 2.21. The van der Waals surface area contributed by atoms with E-state index in [2.05, 4.69) is 24.3 Å². The van der Waals surface area contributed by atoms with Crippen LogP contribution in [0.4, 0.5) is 0 Å². The summed E-state index contributed by atoms with van der Waals surface area (Å²) in [4.78, 5) is 11.9. The molecule has 0 radical (unpaired) electrons. The number of nitrogens with zero attached hydrogens (tertiary/aromatic N) is 2. The molecule has 0 saturated heterocycles. The molecular formula is C14H23N3O. The third kappa shape index (κ3) is 3.34. The molecule has 100 valence electrons. The van der Waals surface area contributed by atoms with Crippen LogP contribution in [-0.2, 0) is 11.3 Å². The van der Waals surface area contributed by atoms with Gasteiger partial charge < -0.3 is 5.32 Å². The number of hydrogen-bond acceptors (Lipinski definition) is 2. The van der Waals surface area contributed by atoms with Crippen LogP contribution in [-0.4, -0.2) is 21.7 Å². The molecule has 2 rings (SSSR count). The maximum absolute atomic E-state index is 11.9. The molecule has 3 atom stereocenters. The topological polar surface area (TPSA) is 46.9 Å². The molecule has 1 N–H and O–H groups in total. The molecule has 0 aromatic carbocycles. The van der Waals surface area contributed by atoms with Gasteiger partial charge in [-0.2, -0.15) is 5.10 Å². The van der Waals surface area contributed by atoms with Crippen molar-refractivity contribution in [2.45, 2.75) is 52.1 Å². The highest BCUT2D eigenvalue weighted by Gasteiger charge is 2.27. The second-order valence-corrected chi connectivity index (χ2v) is 5.46. The maximum Gasteiger partial charge on any atom is 0.222 e. The molecule has 0 unspecified atom stereocenters. The van der Waals surface area contributed by atoms with Crippen LogP contribution in [0.3, 0.4) is 0 Å². The first-order valence-electron chi connectivity index (χ1n) is 6.93. The first-order valence-corrected chi connectivity index (χ1v) is 6.93. The number of aryl methyl sites for hydroxylation is 1. The molecule has 0 spiro atoms. The van der Waals surface area contributed by atoms with Crippen molar-refractivity contribution in [1.29, 1.82) is 0 Å². The molecule has 1 aliphatic rings. The van der Waals surface area contributed by atoms with E-state index in [1.54, 1.807) is 10.9 Å². The minimum Gasteiger partial charge on any atom is -0.353 e. The summed E-state index contributed by atoms with van der Waals surface area (Å²) in [5.74, 6) is 1.46. The Bertz CT molecular complexity index is 374. The van der Waals surface area contributed by atoms with Crippen LogP contribution in [0, 0.1) is 11.8 Å². The molecule has 4 nitrogen and oxygen atoms in total. The second-order valence-electron chi connectivity index (χ2n) is 5.46. The number of amides is 1. The SMILES string of the molecule is C[C@H]1[C@H](C)CCC[C@H]1NC(=O)CCn1cccn1. The highest BCUT2D eigenvalue weighted by atomic mass is 16.1. The molecule has 4 heteroatoms. The Balaban J connectivity index is 1.76. The largest absolute Gasteiger partial charge is 0.353 e. The van der Waals surface area contributed by atoms with Crippen LogP contribution in [0.1, 0.15) is 39.5 Å². The molecule has 1 amide bonds. The molecule has 18 heavy (non-hydrogen) atoms. The van der Waals surface area contributed by atoms with Crippen LogP contribution in [0.25, 0.3) is 0 Å².